The molecular formula is C25H31IN4O2. The van der Waals surface area contributed by atoms with E-state index >= 15 is 0 Å². The lowest BCUT2D eigenvalue weighted by Gasteiger charge is -2.22. The molecule has 0 bridgehead atoms. The fourth-order valence-electron chi connectivity index (χ4n) is 3.78. The van der Waals surface area contributed by atoms with E-state index in [1.165, 1.54) is 16.7 Å². The molecular weight excluding hydrogens is 515 g/mol. The third-order valence-corrected chi connectivity index (χ3v) is 5.51. The summed E-state index contributed by atoms with van der Waals surface area (Å²) < 4.78 is 11.4. The zero-order valence-corrected chi connectivity index (χ0v) is 20.8. The summed E-state index contributed by atoms with van der Waals surface area (Å²) in [4.78, 5) is 8.79. The molecule has 1 aliphatic rings. The smallest absolute Gasteiger partial charge is 0.191 e. The van der Waals surface area contributed by atoms with Gasteiger partial charge in [0.1, 0.15) is 0 Å². The number of hydrogen-bond acceptors (Lipinski definition) is 4. The van der Waals surface area contributed by atoms with E-state index in [2.05, 4.69) is 50.9 Å². The third kappa shape index (κ3) is 6.88. The van der Waals surface area contributed by atoms with Crippen molar-refractivity contribution in [2.45, 2.75) is 38.6 Å². The van der Waals surface area contributed by atoms with Gasteiger partial charge in [-0.25, -0.2) is 0 Å². The fourth-order valence-corrected chi connectivity index (χ4v) is 3.78. The molecule has 2 heterocycles. The lowest BCUT2D eigenvalue weighted by atomic mass is 10.1. The van der Waals surface area contributed by atoms with Crippen LogP contribution in [-0.2, 0) is 29.2 Å². The van der Waals surface area contributed by atoms with Gasteiger partial charge in [-0.3, -0.25) is 9.98 Å². The van der Waals surface area contributed by atoms with Crippen molar-refractivity contribution in [3.63, 3.8) is 0 Å². The van der Waals surface area contributed by atoms with Gasteiger partial charge < -0.3 is 20.1 Å². The quantitative estimate of drug-likeness (QED) is 0.261. The van der Waals surface area contributed by atoms with Crippen LogP contribution in [0.2, 0.25) is 0 Å². The monoisotopic (exact) mass is 546 g/mol. The number of para-hydroxylation sites is 1. The van der Waals surface area contributed by atoms with Crippen molar-refractivity contribution < 1.29 is 9.47 Å². The number of aliphatic imine (C=N–C) groups is 1. The van der Waals surface area contributed by atoms with Gasteiger partial charge in [-0.1, -0.05) is 42.5 Å². The first-order valence-electron chi connectivity index (χ1n) is 10.9. The standard InChI is InChI=1S/C25H30N4O2.HI/c1-26-25(29-17-21-9-12-27-24-8-3-2-7-23(21)24)28-16-19-5-4-6-20(15-19)18-31-22-10-13-30-14-11-22;/h2-9,12,15,22H,10-11,13-14,16-18H2,1H3,(H2,26,28,29);1H. The minimum atomic E-state index is 0. The first kappa shape index (κ1) is 24.4. The molecule has 0 spiro atoms. The lowest BCUT2D eigenvalue weighted by Crippen LogP contribution is -2.36. The van der Waals surface area contributed by atoms with Crippen LogP contribution >= 0.6 is 24.0 Å². The zero-order valence-electron chi connectivity index (χ0n) is 18.4. The average Bonchev–Trinajstić information content (AvgIpc) is 2.84. The van der Waals surface area contributed by atoms with Gasteiger partial charge in [-0.05, 0) is 41.7 Å². The first-order chi connectivity index (χ1) is 15.3. The van der Waals surface area contributed by atoms with Gasteiger partial charge in [0.25, 0.3) is 0 Å². The molecule has 1 aromatic heterocycles. The average molecular weight is 546 g/mol. The van der Waals surface area contributed by atoms with Gasteiger partial charge in [0.15, 0.2) is 5.96 Å². The molecule has 6 nitrogen and oxygen atoms in total. The molecule has 3 aromatic rings. The predicted octanol–water partition coefficient (Wildman–Crippen LogP) is 4.41. The Labute approximate surface area is 206 Å². The van der Waals surface area contributed by atoms with Gasteiger partial charge in [-0.2, -0.15) is 0 Å². The van der Waals surface area contributed by atoms with Gasteiger partial charge in [-0.15, -0.1) is 24.0 Å². The summed E-state index contributed by atoms with van der Waals surface area (Å²) in [5.41, 5.74) is 4.59. The van der Waals surface area contributed by atoms with Crippen LogP contribution in [0, 0.1) is 0 Å². The van der Waals surface area contributed by atoms with E-state index in [1.54, 1.807) is 7.05 Å². The van der Waals surface area contributed by atoms with Crippen molar-refractivity contribution in [1.29, 1.82) is 0 Å². The number of fused-ring (bicyclic) bond motifs is 1. The number of benzene rings is 2. The van der Waals surface area contributed by atoms with Crippen LogP contribution in [0.4, 0.5) is 0 Å². The molecule has 0 amide bonds. The molecule has 0 radical (unpaired) electrons. The molecule has 2 aromatic carbocycles. The first-order valence-corrected chi connectivity index (χ1v) is 10.9. The van der Waals surface area contributed by atoms with Crippen molar-refractivity contribution in [2.24, 2.45) is 4.99 Å². The van der Waals surface area contributed by atoms with E-state index < -0.39 is 0 Å². The number of guanidine groups is 1. The number of nitrogens with zero attached hydrogens (tertiary/aromatic N) is 2. The Morgan fingerprint density at radius 2 is 1.81 bits per heavy atom. The Bertz CT molecular complexity index is 1020. The molecule has 170 valence electrons. The Kier molecular flexibility index (Phi) is 9.70. The molecule has 0 unspecified atom stereocenters. The fraction of sp³-hybridized carbons (Fsp3) is 0.360. The van der Waals surface area contributed by atoms with E-state index in [1.807, 2.05) is 30.5 Å². The number of nitrogens with one attached hydrogen (secondary N) is 2. The Hall–Kier alpha value is -2.23. The highest BCUT2D eigenvalue weighted by molar-refractivity contribution is 14.0. The topological polar surface area (TPSA) is 67.8 Å². The van der Waals surface area contributed by atoms with Gasteiger partial charge in [0.2, 0.25) is 0 Å². The molecule has 0 saturated carbocycles. The largest absolute Gasteiger partial charge is 0.381 e. The van der Waals surface area contributed by atoms with Gasteiger partial charge in [0, 0.05) is 44.9 Å². The minimum Gasteiger partial charge on any atom is -0.381 e. The van der Waals surface area contributed by atoms with Crippen LogP contribution < -0.4 is 10.6 Å². The number of rotatable bonds is 7. The number of aromatic nitrogens is 1. The summed E-state index contributed by atoms with van der Waals surface area (Å²) in [5.74, 6) is 0.768. The van der Waals surface area contributed by atoms with E-state index in [4.69, 9.17) is 9.47 Å². The van der Waals surface area contributed by atoms with Crippen LogP contribution in [0.3, 0.4) is 0 Å². The predicted molar refractivity (Wildman–Crippen MR) is 139 cm³/mol. The highest BCUT2D eigenvalue weighted by atomic mass is 127. The molecule has 0 atom stereocenters. The van der Waals surface area contributed by atoms with E-state index in [-0.39, 0.29) is 24.0 Å². The lowest BCUT2D eigenvalue weighted by molar-refractivity contribution is -0.0390. The second-order valence-electron chi connectivity index (χ2n) is 7.71. The summed E-state index contributed by atoms with van der Waals surface area (Å²) in [6, 6.07) is 18.7. The second-order valence-corrected chi connectivity index (χ2v) is 7.71. The SMILES string of the molecule is CN=C(NCc1cccc(COC2CCOCC2)c1)NCc1ccnc2ccccc12.I. The maximum Gasteiger partial charge on any atom is 0.191 e. The molecule has 32 heavy (non-hydrogen) atoms. The van der Waals surface area contributed by atoms with E-state index in [9.17, 15) is 0 Å². The summed E-state index contributed by atoms with van der Waals surface area (Å²) in [6.45, 7) is 3.62. The minimum absolute atomic E-state index is 0. The Morgan fingerprint density at radius 3 is 2.66 bits per heavy atom. The molecule has 2 N–H and O–H groups in total. The van der Waals surface area contributed by atoms with Crippen molar-refractivity contribution in [1.82, 2.24) is 15.6 Å². The third-order valence-electron chi connectivity index (χ3n) is 5.51. The highest BCUT2D eigenvalue weighted by Gasteiger charge is 2.14. The highest BCUT2D eigenvalue weighted by Crippen LogP contribution is 2.16. The van der Waals surface area contributed by atoms with Gasteiger partial charge in [0.05, 0.1) is 18.2 Å². The van der Waals surface area contributed by atoms with Crippen molar-refractivity contribution in [3.05, 3.63) is 77.5 Å². The van der Waals surface area contributed by atoms with Crippen molar-refractivity contribution in [2.75, 3.05) is 20.3 Å². The van der Waals surface area contributed by atoms with Crippen LogP contribution in [0.1, 0.15) is 29.5 Å². The molecule has 7 heteroatoms. The molecule has 4 rings (SSSR count). The summed E-state index contributed by atoms with van der Waals surface area (Å²) in [7, 11) is 1.79. The number of pyridine rings is 1. The zero-order chi connectivity index (χ0) is 21.3. The molecule has 0 aliphatic carbocycles. The Morgan fingerprint density at radius 1 is 1.03 bits per heavy atom. The van der Waals surface area contributed by atoms with E-state index in [0.717, 1.165) is 42.9 Å². The van der Waals surface area contributed by atoms with Gasteiger partial charge >= 0.3 is 0 Å². The van der Waals surface area contributed by atoms with Crippen molar-refractivity contribution >= 4 is 40.8 Å². The summed E-state index contributed by atoms with van der Waals surface area (Å²) in [6.07, 6.45) is 4.12. The van der Waals surface area contributed by atoms with Crippen LogP contribution in [0.25, 0.3) is 10.9 Å². The number of hydrogen-bond donors (Lipinski definition) is 2. The van der Waals surface area contributed by atoms with Crippen molar-refractivity contribution in [3.8, 4) is 0 Å². The maximum atomic E-state index is 6.05. The number of ether oxygens (including phenoxy) is 2. The second kappa shape index (κ2) is 12.7. The molecule has 1 aliphatic heterocycles. The number of halogens is 1. The van der Waals surface area contributed by atoms with Crippen LogP contribution in [0.15, 0.2) is 65.8 Å². The summed E-state index contributed by atoms with van der Waals surface area (Å²) >= 11 is 0. The Balaban J connectivity index is 0.00000289. The van der Waals surface area contributed by atoms with Crippen LogP contribution in [-0.4, -0.2) is 37.3 Å². The summed E-state index contributed by atoms with van der Waals surface area (Å²) in [5, 5.41) is 7.97. The molecule has 1 fully saturated rings. The van der Waals surface area contributed by atoms with E-state index in [0.29, 0.717) is 25.8 Å². The van der Waals surface area contributed by atoms with Crippen LogP contribution in [0.5, 0.6) is 0 Å². The maximum absolute atomic E-state index is 6.05. The molecule has 1 saturated heterocycles. The normalized spacial score (nSPS) is 14.7.